The minimum atomic E-state index is 0.580. The summed E-state index contributed by atoms with van der Waals surface area (Å²) >= 11 is 3.54. The lowest BCUT2D eigenvalue weighted by Gasteiger charge is -2.07. The van der Waals surface area contributed by atoms with Gasteiger partial charge in [0.1, 0.15) is 0 Å². The van der Waals surface area contributed by atoms with Crippen LogP contribution < -0.4 is 0 Å². The Kier molecular flexibility index (Phi) is 3.50. The van der Waals surface area contributed by atoms with Crippen molar-refractivity contribution < 1.29 is 0 Å². The molecule has 68 valence electrons. The van der Waals surface area contributed by atoms with E-state index in [0.717, 1.165) is 6.42 Å². The van der Waals surface area contributed by atoms with Gasteiger partial charge in [0, 0.05) is 10.9 Å². The van der Waals surface area contributed by atoms with E-state index in [9.17, 15) is 0 Å². The molecule has 0 aromatic heterocycles. The van der Waals surface area contributed by atoms with Gasteiger partial charge in [0.25, 0.3) is 0 Å². The smallest absolute Gasteiger partial charge is 0.218 e. The van der Waals surface area contributed by atoms with Crippen LogP contribution in [-0.4, -0.2) is 6.54 Å². The van der Waals surface area contributed by atoms with E-state index in [-0.39, 0.29) is 0 Å². The van der Waals surface area contributed by atoms with Gasteiger partial charge in [-0.2, -0.15) is 0 Å². The first-order valence-electron chi connectivity index (χ1n) is 4.24. The first kappa shape index (κ1) is 10.3. The SMILES string of the molecule is [C-]#[N+]CCc1ccc(C)c(Br)c1C. The largest absolute Gasteiger partial charge is 0.317 e. The second kappa shape index (κ2) is 4.43. The summed E-state index contributed by atoms with van der Waals surface area (Å²) in [6, 6.07) is 4.21. The van der Waals surface area contributed by atoms with Crippen LogP contribution in [-0.2, 0) is 6.42 Å². The summed E-state index contributed by atoms with van der Waals surface area (Å²) in [6.45, 7) is 11.5. The zero-order valence-corrected chi connectivity index (χ0v) is 9.48. The predicted octanol–water partition coefficient (Wildman–Crippen LogP) is 3.53. The van der Waals surface area contributed by atoms with Gasteiger partial charge in [0.15, 0.2) is 0 Å². The fraction of sp³-hybridized carbons (Fsp3) is 0.364. The molecule has 0 N–H and O–H groups in total. The molecule has 0 aliphatic heterocycles. The highest BCUT2D eigenvalue weighted by molar-refractivity contribution is 9.10. The number of rotatable bonds is 2. The van der Waals surface area contributed by atoms with E-state index in [1.807, 2.05) is 0 Å². The molecule has 1 rings (SSSR count). The highest BCUT2D eigenvalue weighted by Crippen LogP contribution is 2.24. The van der Waals surface area contributed by atoms with Crippen molar-refractivity contribution in [2.75, 3.05) is 6.54 Å². The maximum absolute atomic E-state index is 6.73. The Hall–Kier alpha value is -0.810. The van der Waals surface area contributed by atoms with Gasteiger partial charge >= 0.3 is 0 Å². The average molecular weight is 238 g/mol. The lowest BCUT2D eigenvalue weighted by Crippen LogP contribution is -1.94. The minimum Gasteiger partial charge on any atom is -0.317 e. The minimum absolute atomic E-state index is 0.580. The third kappa shape index (κ3) is 2.32. The summed E-state index contributed by atoms with van der Waals surface area (Å²) in [7, 11) is 0. The normalized spacial score (nSPS) is 9.69. The van der Waals surface area contributed by atoms with Gasteiger partial charge in [0.05, 0.1) is 0 Å². The standard InChI is InChI=1S/C11H12BrN/c1-8-4-5-10(6-7-13-3)9(2)11(8)12/h4-5H,6-7H2,1-2H3. The molecule has 0 aliphatic rings. The Morgan fingerprint density at radius 2 is 2.08 bits per heavy atom. The number of benzene rings is 1. The summed E-state index contributed by atoms with van der Waals surface area (Å²) in [5, 5.41) is 0. The summed E-state index contributed by atoms with van der Waals surface area (Å²) in [4.78, 5) is 3.36. The molecule has 1 aromatic carbocycles. The van der Waals surface area contributed by atoms with E-state index in [1.165, 1.54) is 21.2 Å². The van der Waals surface area contributed by atoms with E-state index in [2.05, 4.69) is 46.8 Å². The maximum atomic E-state index is 6.73. The highest BCUT2D eigenvalue weighted by atomic mass is 79.9. The molecule has 0 unspecified atom stereocenters. The Labute approximate surface area is 87.7 Å². The van der Waals surface area contributed by atoms with Crippen molar-refractivity contribution in [3.05, 3.63) is 44.7 Å². The predicted molar refractivity (Wildman–Crippen MR) is 58.8 cm³/mol. The number of nitrogens with zero attached hydrogens (tertiary/aromatic N) is 1. The van der Waals surface area contributed by atoms with E-state index in [1.54, 1.807) is 0 Å². The molecule has 0 aliphatic carbocycles. The molecule has 0 fully saturated rings. The lowest BCUT2D eigenvalue weighted by atomic mass is 10.0. The van der Waals surface area contributed by atoms with E-state index >= 15 is 0 Å². The maximum Gasteiger partial charge on any atom is 0.218 e. The molecule has 0 bridgehead atoms. The van der Waals surface area contributed by atoms with Gasteiger partial charge in [-0.05, 0) is 30.5 Å². The first-order chi connectivity index (χ1) is 6.16. The lowest BCUT2D eigenvalue weighted by molar-refractivity contribution is 1.05. The first-order valence-corrected chi connectivity index (χ1v) is 5.04. The number of aryl methyl sites for hydroxylation is 1. The highest BCUT2D eigenvalue weighted by Gasteiger charge is 2.05. The van der Waals surface area contributed by atoms with Gasteiger partial charge in [-0.25, -0.2) is 6.57 Å². The Morgan fingerprint density at radius 3 is 2.69 bits per heavy atom. The van der Waals surface area contributed by atoms with Crippen molar-refractivity contribution in [1.82, 2.24) is 0 Å². The molecule has 1 nitrogen and oxygen atoms in total. The number of hydrogen-bond donors (Lipinski definition) is 0. The molecule has 0 heterocycles. The topological polar surface area (TPSA) is 4.36 Å². The van der Waals surface area contributed by atoms with Crippen LogP contribution in [0.5, 0.6) is 0 Å². The molecule has 0 spiro atoms. The zero-order valence-electron chi connectivity index (χ0n) is 7.89. The van der Waals surface area contributed by atoms with Crippen LogP contribution in [0.25, 0.3) is 4.85 Å². The van der Waals surface area contributed by atoms with Crippen molar-refractivity contribution in [3.63, 3.8) is 0 Å². The Balaban J connectivity index is 2.98. The molecule has 0 saturated carbocycles. The van der Waals surface area contributed by atoms with Crippen LogP contribution in [0.1, 0.15) is 16.7 Å². The summed E-state index contributed by atoms with van der Waals surface area (Å²) in [5.41, 5.74) is 3.79. The quantitative estimate of drug-likeness (QED) is 0.694. The van der Waals surface area contributed by atoms with Gasteiger partial charge in [0.2, 0.25) is 6.54 Å². The zero-order chi connectivity index (χ0) is 9.84. The second-order valence-corrected chi connectivity index (χ2v) is 3.91. The third-order valence-corrected chi connectivity index (χ3v) is 3.40. The fourth-order valence-corrected chi connectivity index (χ4v) is 1.69. The van der Waals surface area contributed by atoms with Crippen molar-refractivity contribution >= 4 is 15.9 Å². The fourth-order valence-electron chi connectivity index (χ4n) is 1.31. The molecular formula is C11H12BrN. The third-order valence-electron chi connectivity index (χ3n) is 2.18. The molecular weight excluding hydrogens is 226 g/mol. The molecule has 13 heavy (non-hydrogen) atoms. The number of halogens is 1. The van der Waals surface area contributed by atoms with Crippen LogP contribution >= 0.6 is 15.9 Å². The molecule has 0 saturated heterocycles. The van der Waals surface area contributed by atoms with Gasteiger partial charge in [-0.3, -0.25) is 0 Å². The van der Waals surface area contributed by atoms with E-state index in [4.69, 9.17) is 6.57 Å². The summed E-state index contributed by atoms with van der Waals surface area (Å²) in [6.07, 6.45) is 0.855. The van der Waals surface area contributed by atoms with Crippen LogP contribution in [0, 0.1) is 20.4 Å². The van der Waals surface area contributed by atoms with Crippen LogP contribution in [0.4, 0.5) is 0 Å². The second-order valence-electron chi connectivity index (χ2n) is 3.11. The van der Waals surface area contributed by atoms with E-state index in [0.29, 0.717) is 6.54 Å². The molecule has 1 aromatic rings. The van der Waals surface area contributed by atoms with Crippen LogP contribution in [0.15, 0.2) is 16.6 Å². The van der Waals surface area contributed by atoms with Crippen LogP contribution in [0.3, 0.4) is 0 Å². The van der Waals surface area contributed by atoms with Crippen molar-refractivity contribution in [2.24, 2.45) is 0 Å². The number of hydrogen-bond acceptors (Lipinski definition) is 0. The molecule has 0 radical (unpaired) electrons. The van der Waals surface area contributed by atoms with Gasteiger partial charge in [-0.1, -0.05) is 28.1 Å². The molecule has 0 atom stereocenters. The molecule has 0 amide bonds. The summed E-state index contributed by atoms with van der Waals surface area (Å²) < 4.78 is 1.18. The van der Waals surface area contributed by atoms with Gasteiger partial charge < -0.3 is 4.85 Å². The van der Waals surface area contributed by atoms with Crippen molar-refractivity contribution in [3.8, 4) is 0 Å². The van der Waals surface area contributed by atoms with Crippen molar-refractivity contribution in [2.45, 2.75) is 20.3 Å². The van der Waals surface area contributed by atoms with Crippen molar-refractivity contribution in [1.29, 1.82) is 0 Å². The summed E-state index contributed by atoms with van der Waals surface area (Å²) in [5.74, 6) is 0. The van der Waals surface area contributed by atoms with Gasteiger partial charge in [-0.15, -0.1) is 0 Å². The average Bonchev–Trinajstić information content (AvgIpc) is 2.13. The molecule has 2 heteroatoms. The van der Waals surface area contributed by atoms with E-state index < -0.39 is 0 Å². The monoisotopic (exact) mass is 237 g/mol. The van der Waals surface area contributed by atoms with Crippen LogP contribution in [0.2, 0.25) is 0 Å². The Bertz CT molecular complexity index is 350. The Morgan fingerprint density at radius 1 is 1.38 bits per heavy atom.